The number of hydrogen-bond acceptors (Lipinski definition) is 4. The first kappa shape index (κ1) is 18.9. The molecule has 1 saturated heterocycles. The molecule has 5 rings (SSSR count). The van der Waals surface area contributed by atoms with Crippen LogP contribution in [0.3, 0.4) is 0 Å². The zero-order valence-corrected chi connectivity index (χ0v) is 17.4. The van der Waals surface area contributed by atoms with Crippen molar-refractivity contribution in [2.75, 3.05) is 11.4 Å². The number of para-hydroxylation sites is 1. The number of Topliss-reactive ketones (excluding diaryl/α,β-unsaturated/α-hetero) is 1. The zero-order valence-electron chi connectivity index (χ0n) is 16.7. The number of rotatable bonds is 3. The Bertz CT molecular complexity index is 1160. The molecule has 6 heteroatoms. The van der Waals surface area contributed by atoms with Crippen molar-refractivity contribution in [3.63, 3.8) is 0 Å². The molecule has 0 aliphatic carbocycles. The van der Waals surface area contributed by atoms with Crippen molar-refractivity contribution >= 4 is 23.2 Å². The molecule has 2 aliphatic rings. The molecular formula is C24H21ClN4O. The highest BCUT2D eigenvalue weighted by Crippen LogP contribution is 2.48. The fourth-order valence-corrected chi connectivity index (χ4v) is 5.11. The van der Waals surface area contributed by atoms with Crippen molar-refractivity contribution in [3.05, 3.63) is 76.4 Å². The number of nitriles is 1. The topological polar surface area (TPSA) is 61.9 Å². The molecule has 0 amide bonds. The predicted molar refractivity (Wildman–Crippen MR) is 116 cm³/mol. The van der Waals surface area contributed by atoms with Gasteiger partial charge in [0.1, 0.15) is 11.2 Å². The monoisotopic (exact) mass is 416 g/mol. The third-order valence-electron chi connectivity index (χ3n) is 6.42. The average Bonchev–Trinajstić information content (AvgIpc) is 3.39. The molecule has 0 spiro atoms. The lowest BCUT2D eigenvalue weighted by Gasteiger charge is -2.42. The number of ketones is 1. The molecule has 2 atom stereocenters. The smallest absolute Gasteiger partial charge is 0.185 e. The van der Waals surface area contributed by atoms with E-state index in [4.69, 9.17) is 16.7 Å². The van der Waals surface area contributed by atoms with Crippen molar-refractivity contribution in [3.8, 4) is 11.8 Å². The Balaban J connectivity index is 1.66. The van der Waals surface area contributed by atoms with E-state index in [0.29, 0.717) is 17.0 Å². The number of benzene rings is 2. The summed E-state index contributed by atoms with van der Waals surface area (Å²) in [7, 11) is 0. The van der Waals surface area contributed by atoms with Crippen LogP contribution in [0, 0.1) is 23.7 Å². The standard InChI is InChI=1S/C24H21ClN4O/c1-16-20-14-24(15-26,22(30)17-9-11-18(25)12-10-17)21-8-5-13-28(21)23(20)29(27-16)19-6-3-2-4-7-19/h2-4,6-7,9-12,21H,5,8,13-14H2,1H3/t21-,24+/m1/s1. The third-order valence-corrected chi connectivity index (χ3v) is 6.67. The number of carbonyl (C=O) groups is 1. The van der Waals surface area contributed by atoms with Gasteiger partial charge in [0, 0.05) is 29.1 Å². The zero-order chi connectivity index (χ0) is 20.9. The van der Waals surface area contributed by atoms with Gasteiger partial charge in [-0.05, 0) is 56.2 Å². The summed E-state index contributed by atoms with van der Waals surface area (Å²) in [4.78, 5) is 15.9. The van der Waals surface area contributed by atoms with Crippen LogP contribution in [0.25, 0.3) is 5.69 Å². The van der Waals surface area contributed by atoms with Crippen LogP contribution in [0.1, 0.15) is 34.5 Å². The number of aromatic nitrogens is 2. The maximum atomic E-state index is 13.7. The van der Waals surface area contributed by atoms with Crippen molar-refractivity contribution < 1.29 is 4.79 Å². The summed E-state index contributed by atoms with van der Waals surface area (Å²) in [5.41, 5.74) is 2.24. The normalized spacial score (nSPS) is 22.3. The second kappa shape index (κ2) is 7.00. The summed E-state index contributed by atoms with van der Waals surface area (Å²) < 4.78 is 1.97. The van der Waals surface area contributed by atoms with E-state index in [2.05, 4.69) is 11.0 Å². The van der Waals surface area contributed by atoms with Gasteiger partial charge in [0.25, 0.3) is 0 Å². The molecule has 5 nitrogen and oxygen atoms in total. The first-order chi connectivity index (χ1) is 14.5. The fraction of sp³-hybridized carbons (Fsp3) is 0.292. The maximum Gasteiger partial charge on any atom is 0.185 e. The molecule has 0 radical (unpaired) electrons. The molecule has 0 unspecified atom stereocenters. The minimum atomic E-state index is -1.13. The Labute approximate surface area is 180 Å². The molecule has 1 fully saturated rings. The Morgan fingerprint density at radius 3 is 2.63 bits per heavy atom. The van der Waals surface area contributed by atoms with Gasteiger partial charge in [-0.3, -0.25) is 4.79 Å². The van der Waals surface area contributed by atoms with E-state index >= 15 is 0 Å². The number of halogens is 1. The van der Waals surface area contributed by atoms with Crippen LogP contribution in [0.4, 0.5) is 5.82 Å². The lowest BCUT2D eigenvalue weighted by Crippen LogP contribution is -2.53. The van der Waals surface area contributed by atoms with E-state index in [1.165, 1.54) is 0 Å². The van der Waals surface area contributed by atoms with Gasteiger partial charge < -0.3 is 4.90 Å². The van der Waals surface area contributed by atoms with Gasteiger partial charge in [-0.25, -0.2) is 4.68 Å². The summed E-state index contributed by atoms with van der Waals surface area (Å²) in [5.74, 6) is 0.895. The predicted octanol–water partition coefficient (Wildman–Crippen LogP) is 4.75. The van der Waals surface area contributed by atoms with E-state index in [1.807, 2.05) is 41.9 Å². The molecule has 0 saturated carbocycles. The maximum absolute atomic E-state index is 13.7. The first-order valence-electron chi connectivity index (χ1n) is 10.2. The Hall–Kier alpha value is -3.10. The Kier molecular flexibility index (Phi) is 4.41. The van der Waals surface area contributed by atoms with Gasteiger partial charge in [0.15, 0.2) is 5.78 Å². The number of aryl methyl sites for hydroxylation is 1. The van der Waals surface area contributed by atoms with Crippen molar-refractivity contribution in [1.82, 2.24) is 9.78 Å². The molecule has 3 aromatic rings. The summed E-state index contributed by atoms with van der Waals surface area (Å²) in [5, 5.41) is 15.7. The lowest BCUT2D eigenvalue weighted by molar-refractivity contribution is 0.0821. The van der Waals surface area contributed by atoms with Gasteiger partial charge in [0.05, 0.1) is 23.5 Å². The summed E-state index contributed by atoms with van der Waals surface area (Å²) in [6, 6.07) is 19.2. The lowest BCUT2D eigenvalue weighted by atomic mass is 9.68. The largest absolute Gasteiger partial charge is 0.351 e. The van der Waals surface area contributed by atoms with E-state index in [9.17, 15) is 10.1 Å². The van der Waals surface area contributed by atoms with Gasteiger partial charge in [-0.15, -0.1) is 0 Å². The summed E-state index contributed by atoms with van der Waals surface area (Å²) >= 11 is 6.01. The molecular weight excluding hydrogens is 396 g/mol. The Morgan fingerprint density at radius 1 is 1.20 bits per heavy atom. The molecule has 0 bridgehead atoms. The number of fused-ring (bicyclic) bond motifs is 3. The van der Waals surface area contributed by atoms with Crippen LogP contribution in [0.5, 0.6) is 0 Å². The van der Waals surface area contributed by atoms with E-state index in [0.717, 1.165) is 42.1 Å². The van der Waals surface area contributed by atoms with Crippen LogP contribution < -0.4 is 4.90 Å². The van der Waals surface area contributed by atoms with Crippen LogP contribution in [0.2, 0.25) is 5.02 Å². The molecule has 3 heterocycles. The highest BCUT2D eigenvalue weighted by Gasteiger charge is 2.55. The minimum Gasteiger partial charge on any atom is -0.351 e. The first-order valence-corrected chi connectivity index (χ1v) is 10.5. The van der Waals surface area contributed by atoms with Gasteiger partial charge in [0.2, 0.25) is 0 Å². The number of hydrogen-bond donors (Lipinski definition) is 0. The quantitative estimate of drug-likeness (QED) is 0.578. The minimum absolute atomic E-state index is 0.129. The van der Waals surface area contributed by atoms with Crippen LogP contribution in [-0.4, -0.2) is 28.2 Å². The Morgan fingerprint density at radius 2 is 1.93 bits per heavy atom. The van der Waals surface area contributed by atoms with E-state index in [1.54, 1.807) is 24.3 Å². The number of carbonyl (C=O) groups excluding carboxylic acids is 1. The van der Waals surface area contributed by atoms with Crippen molar-refractivity contribution in [2.45, 2.75) is 32.2 Å². The SMILES string of the molecule is Cc1nn(-c2ccccc2)c2c1C[C@@](C#N)(C(=O)c1ccc(Cl)cc1)[C@H]1CCCN21. The van der Waals surface area contributed by atoms with Crippen molar-refractivity contribution in [2.24, 2.45) is 5.41 Å². The average molecular weight is 417 g/mol. The highest BCUT2D eigenvalue weighted by atomic mass is 35.5. The van der Waals surface area contributed by atoms with Gasteiger partial charge in [-0.2, -0.15) is 10.4 Å². The summed E-state index contributed by atoms with van der Waals surface area (Å²) in [6.45, 7) is 2.77. The second-order valence-corrected chi connectivity index (χ2v) is 8.52. The highest BCUT2D eigenvalue weighted by molar-refractivity contribution is 6.30. The van der Waals surface area contributed by atoms with E-state index in [-0.39, 0.29) is 11.8 Å². The molecule has 0 N–H and O–H groups in total. The molecule has 30 heavy (non-hydrogen) atoms. The molecule has 1 aromatic heterocycles. The van der Waals surface area contributed by atoms with Crippen LogP contribution in [-0.2, 0) is 6.42 Å². The molecule has 150 valence electrons. The summed E-state index contributed by atoms with van der Waals surface area (Å²) in [6.07, 6.45) is 2.13. The van der Waals surface area contributed by atoms with E-state index < -0.39 is 5.41 Å². The van der Waals surface area contributed by atoms with Crippen molar-refractivity contribution in [1.29, 1.82) is 5.26 Å². The second-order valence-electron chi connectivity index (χ2n) is 8.08. The molecule has 2 aliphatic heterocycles. The molecule has 2 aromatic carbocycles. The fourth-order valence-electron chi connectivity index (χ4n) is 4.98. The van der Waals surface area contributed by atoms with Crippen LogP contribution in [0.15, 0.2) is 54.6 Å². The van der Waals surface area contributed by atoms with Gasteiger partial charge >= 0.3 is 0 Å². The van der Waals surface area contributed by atoms with Crippen LogP contribution >= 0.6 is 11.6 Å². The third kappa shape index (κ3) is 2.68. The van der Waals surface area contributed by atoms with Gasteiger partial charge in [-0.1, -0.05) is 29.8 Å². The number of nitrogens with zero attached hydrogens (tertiary/aromatic N) is 4. The number of anilines is 1.